The number of methoxy groups -OCH3 is 2. The van der Waals surface area contributed by atoms with E-state index in [0.717, 1.165) is 12.1 Å². The van der Waals surface area contributed by atoms with Crippen molar-refractivity contribution in [1.29, 1.82) is 0 Å². The lowest BCUT2D eigenvalue weighted by molar-refractivity contribution is -0.137. The molecule has 2 aromatic carbocycles. The van der Waals surface area contributed by atoms with Gasteiger partial charge in [-0.2, -0.15) is 17.5 Å². The molecule has 0 unspecified atom stereocenters. The van der Waals surface area contributed by atoms with Crippen molar-refractivity contribution in [3.63, 3.8) is 0 Å². The van der Waals surface area contributed by atoms with Crippen LogP contribution in [0.2, 0.25) is 0 Å². The highest BCUT2D eigenvalue weighted by Crippen LogP contribution is 2.32. The van der Waals surface area contributed by atoms with Crippen molar-refractivity contribution in [2.24, 2.45) is 5.92 Å². The molecule has 1 fully saturated rings. The van der Waals surface area contributed by atoms with Crippen LogP contribution in [0.3, 0.4) is 0 Å². The number of hydrogen-bond acceptors (Lipinski definition) is 5. The van der Waals surface area contributed by atoms with Crippen molar-refractivity contribution in [1.82, 2.24) is 9.62 Å². The van der Waals surface area contributed by atoms with Crippen LogP contribution in [0.1, 0.15) is 24.0 Å². The van der Waals surface area contributed by atoms with Crippen LogP contribution in [0, 0.1) is 5.92 Å². The van der Waals surface area contributed by atoms with Crippen molar-refractivity contribution < 1.29 is 35.9 Å². The molecule has 1 amide bonds. The molecule has 0 aliphatic carbocycles. The Bertz CT molecular complexity index is 1100. The van der Waals surface area contributed by atoms with Gasteiger partial charge in [0.25, 0.3) is 0 Å². The van der Waals surface area contributed by atoms with Crippen molar-refractivity contribution in [2.45, 2.75) is 30.5 Å². The molecule has 1 aliphatic rings. The first-order valence-electron chi connectivity index (χ1n) is 10.2. The second-order valence-electron chi connectivity index (χ2n) is 7.61. The molecule has 1 heterocycles. The van der Waals surface area contributed by atoms with E-state index in [1.54, 1.807) is 0 Å². The summed E-state index contributed by atoms with van der Waals surface area (Å²) in [6.45, 7) is 0.267. The Kier molecular flexibility index (Phi) is 7.53. The fourth-order valence-electron chi connectivity index (χ4n) is 3.68. The topological polar surface area (TPSA) is 84.9 Å². The number of carbonyl (C=O) groups excluding carboxylic acids is 1. The summed E-state index contributed by atoms with van der Waals surface area (Å²) in [6.07, 6.45) is -3.84. The third kappa shape index (κ3) is 5.77. The van der Waals surface area contributed by atoms with Gasteiger partial charge in [0, 0.05) is 31.6 Å². The van der Waals surface area contributed by atoms with E-state index in [9.17, 15) is 26.4 Å². The molecule has 0 bridgehead atoms. The molecule has 1 N–H and O–H groups in total. The van der Waals surface area contributed by atoms with E-state index in [-0.39, 0.29) is 30.4 Å². The van der Waals surface area contributed by atoms with Crippen LogP contribution in [0.25, 0.3) is 0 Å². The monoisotopic (exact) mass is 486 g/mol. The lowest BCUT2D eigenvalue weighted by Gasteiger charge is -2.30. The fraction of sp³-hybridized carbons (Fsp3) is 0.409. The molecule has 0 radical (unpaired) electrons. The van der Waals surface area contributed by atoms with Crippen LogP contribution in [-0.2, 0) is 27.5 Å². The molecule has 0 saturated carbocycles. The number of piperidine rings is 1. The summed E-state index contributed by atoms with van der Waals surface area (Å²) in [5, 5.41) is 2.66. The number of nitrogens with zero attached hydrogens (tertiary/aromatic N) is 1. The van der Waals surface area contributed by atoms with E-state index in [4.69, 9.17) is 9.47 Å². The minimum Gasteiger partial charge on any atom is -0.493 e. The Hall–Kier alpha value is -2.79. The number of hydrogen-bond donors (Lipinski definition) is 1. The Morgan fingerprint density at radius 3 is 2.33 bits per heavy atom. The number of rotatable bonds is 7. The second kappa shape index (κ2) is 10.0. The number of ether oxygens (including phenoxy) is 2. The number of benzene rings is 2. The van der Waals surface area contributed by atoms with E-state index in [1.165, 1.54) is 48.9 Å². The minimum atomic E-state index is -4.45. The average molecular weight is 487 g/mol. The van der Waals surface area contributed by atoms with Crippen LogP contribution in [0.5, 0.6) is 11.5 Å². The number of alkyl halides is 3. The largest absolute Gasteiger partial charge is 0.493 e. The molecule has 7 nitrogen and oxygen atoms in total. The van der Waals surface area contributed by atoms with Crippen LogP contribution in [0.15, 0.2) is 47.4 Å². The van der Waals surface area contributed by atoms with Gasteiger partial charge >= 0.3 is 6.18 Å². The molecule has 0 aromatic heterocycles. The van der Waals surface area contributed by atoms with Crippen LogP contribution in [-0.4, -0.2) is 45.9 Å². The zero-order valence-corrected chi connectivity index (χ0v) is 19.0. The van der Waals surface area contributed by atoms with Gasteiger partial charge in [-0.05, 0) is 42.7 Å². The first kappa shape index (κ1) is 24.8. The maximum Gasteiger partial charge on any atom is 0.416 e. The number of sulfonamides is 1. The summed E-state index contributed by atoms with van der Waals surface area (Å²) in [5.41, 5.74) is -0.436. The molecule has 0 atom stereocenters. The van der Waals surface area contributed by atoms with Gasteiger partial charge in [-0.1, -0.05) is 12.1 Å². The van der Waals surface area contributed by atoms with E-state index in [1.807, 2.05) is 0 Å². The van der Waals surface area contributed by atoms with Crippen LogP contribution < -0.4 is 14.8 Å². The predicted octanol–water partition coefficient (Wildman–Crippen LogP) is 3.44. The number of amides is 1. The molecule has 1 aliphatic heterocycles. The number of carbonyl (C=O) groups is 1. The van der Waals surface area contributed by atoms with Gasteiger partial charge in [0.2, 0.25) is 15.9 Å². The average Bonchev–Trinajstić information content (AvgIpc) is 2.81. The summed E-state index contributed by atoms with van der Waals surface area (Å²) in [4.78, 5) is 12.6. The highest BCUT2D eigenvalue weighted by molar-refractivity contribution is 7.89. The SMILES string of the molecule is COc1ccc(S(=O)(=O)N2CCC(C(=O)NCc3cccc(C(F)(F)F)c3)CC2)cc1OC. The molecule has 33 heavy (non-hydrogen) atoms. The number of halogens is 3. The van der Waals surface area contributed by atoms with Crippen LogP contribution >= 0.6 is 0 Å². The Morgan fingerprint density at radius 1 is 1.06 bits per heavy atom. The third-order valence-corrected chi connectivity index (χ3v) is 7.43. The quantitative estimate of drug-likeness (QED) is 0.648. The number of nitrogens with one attached hydrogen (secondary N) is 1. The molecule has 1 saturated heterocycles. The molecular formula is C22H25F3N2O5S. The zero-order chi connectivity index (χ0) is 24.2. The zero-order valence-electron chi connectivity index (χ0n) is 18.2. The van der Waals surface area contributed by atoms with E-state index < -0.39 is 27.7 Å². The lowest BCUT2D eigenvalue weighted by Crippen LogP contribution is -2.42. The normalized spacial score (nSPS) is 15.8. The highest BCUT2D eigenvalue weighted by atomic mass is 32.2. The van der Waals surface area contributed by atoms with Gasteiger partial charge < -0.3 is 14.8 Å². The minimum absolute atomic E-state index is 0.0348. The molecule has 3 rings (SSSR count). The van der Waals surface area contributed by atoms with Gasteiger partial charge in [0.15, 0.2) is 11.5 Å². The molecule has 180 valence electrons. The van der Waals surface area contributed by atoms with E-state index >= 15 is 0 Å². The first-order chi connectivity index (χ1) is 15.6. The second-order valence-corrected chi connectivity index (χ2v) is 9.55. The van der Waals surface area contributed by atoms with E-state index in [2.05, 4.69) is 5.32 Å². The fourth-order valence-corrected chi connectivity index (χ4v) is 5.16. The molecular weight excluding hydrogens is 461 g/mol. The molecule has 2 aromatic rings. The first-order valence-corrected chi connectivity index (χ1v) is 11.7. The van der Waals surface area contributed by atoms with E-state index in [0.29, 0.717) is 29.9 Å². The maximum absolute atomic E-state index is 13.0. The van der Waals surface area contributed by atoms with Crippen molar-refractivity contribution in [3.05, 3.63) is 53.6 Å². The van der Waals surface area contributed by atoms with Crippen molar-refractivity contribution >= 4 is 15.9 Å². The van der Waals surface area contributed by atoms with Crippen molar-refractivity contribution in [3.8, 4) is 11.5 Å². The molecule has 0 spiro atoms. The Balaban J connectivity index is 1.58. The third-order valence-electron chi connectivity index (χ3n) is 5.54. The van der Waals surface area contributed by atoms with Crippen molar-refractivity contribution in [2.75, 3.05) is 27.3 Å². The predicted molar refractivity (Wildman–Crippen MR) is 114 cm³/mol. The smallest absolute Gasteiger partial charge is 0.416 e. The standard InChI is InChI=1S/C22H25F3N2O5S/c1-31-19-7-6-18(13-20(19)32-2)33(29,30)27-10-8-16(9-11-27)21(28)26-14-15-4-3-5-17(12-15)22(23,24)25/h3-7,12-13,16H,8-11,14H2,1-2H3,(H,26,28). The van der Waals surface area contributed by atoms with Gasteiger partial charge in [-0.25, -0.2) is 8.42 Å². The lowest BCUT2D eigenvalue weighted by atomic mass is 9.97. The Labute approximate surface area is 190 Å². The van der Waals surface area contributed by atoms with Gasteiger partial charge in [0.1, 0.15) is 0 Å². The highest BCUT2D eigenvalue weighted by Gasteiger charge is 2.33. The summed E-state index contributed by atoms with van der Waals surface area (Å²) < 4.78 is 76.1. The summed E-state index contributed by atoms with van der Waals surface area (Å²) in [7, 11) is -0.916. The van der Waals surface area contributed by atoms with Gasteiger partial charge in [0.05, 0.1) is 24.7 Å². The van der Waals surface area contributed by atoms with Crippen LogP contribution in [0.4, 0.5) is 13.2 Å². The van der Waals surface area contributed by atoms with Gasteiger partial charge in [-0.3, -0.25) is 4.79 Å². The Morgan fingerprint density at radius 2 is 1.73 bits per heavy atom. The molecule has 11 heteroatoms. The summed E-state index contributed by atoms with van der Waals surface area (Å²) in [5.74, 6) is -0.0294. The van der Waals surface area contributed by atoms with Gasteiger partial charge in [-0.15, -0.1) is 0 Å². The maximum atomic E-state index is 13.0. The summed E-state index contributed by atoms with van der Waals surface area (Å²) >= 11 is 0. The summed E-state index contributed by atoms with van der Waals surface area (Å²) in [6, 6.07) is 9.11.